The average molecular weight is 326 g/mol. The molecule has 23 heavy (non-hydrogen) atoms. The van der Waals surface area contributed by atoms with E-state index >= 15 is 0 Å². The maximum absolute atomic E-state index is 12.4. The fraction of sp³-hybridized carbons (Fsp3) is 0.625. The summed E-state index contributed by atoms with van der Waals surface area (Å²) in [5, 5.41) is 12.5. The summed E-state index contributed by atoms with van der Waals surface area (Å²) in [6.07, 6.45) is 0.629. The molecule has 1 aromatic rings. The van der Waals surface area contributed by atoms with Crippen LogP contribution in [0.1, 0.15) is 29.8 Å². The summed E-state index contributed by atoms with van der Waals surface area (Å²) in [7, 11) is 0. The number of carbonyl (C=O) groups is 1. The zero-order valence-corrected chi connectivity index (χ0v) is 12.6. The highest BCUT2D eigenvalue weighted by Gasteiger charge is 2.47. The number of rotatable bonds is 6. The van der Waals surface area contributed by atoms with Gasteiger partial charge in [-0.1, -0.05) is 6.07 Å². The molecule has 126 valence electrons. The highest BCUT2D eigenvalue weighted by molar-refractivity contribution is 5.92. The summed E-state index contributed by atoms with van der Waals surface area (Å²) >= 11 is 0. The van der Waals surface area contributed by atoms with Crippen LogP contribution in [0, 0.1) is 17.8 Å². The van der Waals surface area contributed by atoms with Crippen LogP contribution in [-0.2, 0) is 0 Å². The minimum absolute atomic E-state index is 0.00426. The molecular formula is C16H20F2N2O3. The monoisotopic (exact) mass is 326 g/mol. The molecular weight excluding hydrogens is 306 g/mol. The Labute approximate surface area is 133 Å². The van der Waals surface area contributed by atoms with Crippen LogP contribution in [-0.4, -0.2) is 41.7 Å². The molecule has 2 saturated carbocycles. The zero-order valence-electron chi connectivity index (χ0n) is 12.6. The number of hydrogen-bond donors (Lipinski definition) is 2. The van der Waals surface area contributed by atoms with Crippen molar-refractivity contribution in [1.82, 2.24) is 10.3 Å². The van der Waals surface area contributed by atoms with Gasteiger partial charge in [-0.25, -0.2) is 13.8 Å². The molecule has 2 N–H and O–H groups in total. The quantitative estimate of drug-likeness (QED) is 0.837. The van der Waals surface area contributed by atoms with Gasteiger partial charge in [-0.3, -0.25) is 4.79 Å². The number of alkyl halides is 2. The molecule has 0 aliphatic heterocycles. The highest BCUT2D eigenvalue weighted by atomic mass is 19.3. The Kier molecular flexibility index (Phi) is 4.75. The van der Waals surface area contributed by atoms with Gasteiger partial charge in [0.1, 0.15) is 5.69 Å². The van der Waals surface area contributed by atoms with Crippen molar-refractivity contribution in [2.45, 2.75) is 31.7 Å². The molecule has 2 fully saturated rings. The number of aliphatic hydroxyl groups excluding tert-OH is 1. The van der Waals surface area contributed by atoms with E-state index in [-0.39, 0.29) is 36.0 Å². The lowest BCUT2D eigenvalue weighted by Crippen LogP contribution is -2.45. The Morgan fingerprint density at radius 3 is 2.91 bits per heavy atom. The van der Waals surface area contributed by atoms with E-state index in [9.17, 15) is 18.7 Å². The van der Waals surface area contributed by atoms with Crippen LogP contribution in [0.5, 0.6) is 5.88 Å². The van der Waals surface area contributed by atoms with Gasteiger partial charge in [-0.2, -0.15) is 0 Å². The second-order valence-electron chi connectivity index (χ2n) is 6.24. The lowest BCUT2D eigenvalue weighted by Gasteiger charge is -2.30. The molecule has 1 heterocycles. The number of ether oxygens (including phenoxy) is 1. The summed E-state index contributed by atoms with van der Waals surface area (Å²) in [4.78, 5) is 16.3. The molecule has 3 rings (SSSR count). The molecule has 4 unspecified atom stereocenters. The van der Waals surface area contributed by atoms with Gasteiger partial charge in [0.2, 0.25) is 5.88 Å². The van der Waals surface area contributed by atoms with Crippen LogP contribution in [0.25, 0.3) is 0 Å². The van der Waals surface area contributed by atoms with E-state index in [2.05, 4.69) is 10.3 Å². The van der Waals surface area contributed by atoms with Gasteiger partial charge in [-0.15, -0.1) is 0 Å². The van der Waals surface area contributed by atoms with E-state index in [1.807, 2.05) is 0 Å². The van der Waals surface area contributed by atoms with Gasteiger partial charge in [0.15, 0.2) is 6.61 Å². The standard InChI is InChI=1S/C16H20F2N2O3/c17-13(18)8-23-14-3-1-2-12(19-14)16(22)20-15-10-5-4-9(6-10)11(15)7-21/h1-3,9-11,13,15,21H,4-8H2,(H,20,22). The molecule has 2 aliphatic carbocycles. The molecule has 0 radical (unpaired) electrons. The fourth-order valence-corrected chi connectivity index (χ4v) is 3.89. The third-order valence-corrected chi connectivity index (χ3v) is 4.91. The van der Waals surface area contributed by atoms with E-state index in [4.69, 9.17) is 4.74 Å². The van der Waals surface area contributed by atoms with Crippen LogP contribution in [0.4, 0.5) is 8.78 Å². The fourth-order valence-electron chi connectivity index (χ4n) is 3.89. The smallest absolute Gasteiger partial charge is 0.272 e. The van der Waals surface area contributed by atoms with Crippen LogP contribution >= 0.6 is 0 Å². The molecule has 2 bridgehead atoms. The van der Waals surface area contributed by atoms with Crippen molar-refractivity contribution in [1.29, 1.82) is 0 Å². The number of pyridine rings is 1. The first-order chi connectivity index (χ1) is 11.1. The first-order valence-corrected chi connectivity index (χ1v) is 7.88. The number of aliphatic hydroxyl groups is 1. The van der Waals surface area contributed by atoms with Gasteiger partial charge in [-0.05, 0) is 37.2 Å². The van der Waals surface area contributed by atoms with Crippen molar-refractivity contribution >= 4 is 5.91 Å². The molecule has 5 nitrogen and oxygen atoms in total. The molecule has 0 saturated heterocycles. The predicted molar refractivity (Wildman–Crippen MR) is 78.4 cm³/mol. The Bertz CT molecular complexity index is 570. The van der Waals surface area contributed by atoms with E-state index in [1.54, 1.807) is 6.07 Å². The van der Waals surface area contributed by atoms with Crippen LogP contribution in [0.2, 0.25) is 0 Å². The zero-order chi connectivity index (χ0) is 16.4. The molecule has 7 heteroatoms. The van der Waals surface area contributed by atoms with E-state index in [0.29, 0.717) is 11.8 Å². The van der Waals surface area contributed by atoms with Gasteiger partial charge in [0, 0.05) is 24.6 Å². The van der Waals surface area contributed by atoms with Gasteiger partial charge in [0.05, 0.1) is 0 Å². The van der Waals surface area contributed by atoms with Gasteiger partial charge >= 0.3 is 0 Å². The van der Waals surface area contributed by atoms with E-state index in [0.717, 1.165) is 19.3 Å². The molecule has 1 amide bonds. The van der Waals surface area contributed by atoms with Crippen molar-refractivity contribution in [2.75, 3.05) is 13.2 Å². The van der Waals surface area contributed by atoms with Gasteiger partial charge in [0.25, 0.3) is 12.3 Å². The van der Waals surface area contributed by atoms with Crippen LogP contribution in [0.3, 0.4) is 0 Å². The van der Waals surface area contributed by atoms with Crippen molar-refractivity contribution in [2.24, 2.45) is 17.8 Å². The van der Waals surface area contributed by atoms with Crippen molar-refractivity contribution in [3.63, 3.8) is 0 Å². The lowest BCUT2D eigenvalue weighted by molar-refractivity contribution is 0.0788. The lowest BCUT2D eigenvalue weighted by atomic mass is 9.85. The summed E-state index contributed by atoms with van der Waals surface area (Å²) in [5.74, 6) is 0.618. The molecule has 2 aliphatic rings. The number of nitrogens with zero attached hydrogens (tertiary/aromatic N) is 1. The average Bonchev–Trinajstić information content (AvgIpc) is 3.14. The molecule has 0 aromatic carbocycles. The maximum Gasteiger partial charge on any atom is 0.272 e. The normalized spacial score (nSPS) is 29.0. The maximum atomic E-state index is 12.4. The largest absolute Gasteiger partial charge is 0.472 e. The number of hydrogen-bond acceptors (Lipinski definition) is 4. The second kappa shape index (κ2) is 6.78. The summed E-state index contributed by atoms with van der Waals surface area (Å²) in [5.41, 5.74) is 0.135. The van der Waals surface area contributed by atoms with Gasteiger partial charge < -0.3 is 15.2 Å². The van der Waals surface area contributed by atoms with Crippen LogP contribution < -0.4 is 10.1 Å². The van der Waals surface area contributed by atoms with Crippen molar-refractivity contribution < 1.29 is 23.4 Å². The number of carbonyl (C=O) groups excluding carboxylic acids is 1. The number of halogens is 2. The van der Waals surface area contributed by atoms with E-state index < -0.39 is 13.0 Å². The van der Waals surface area contributed by atoms with Crippen LogP contribution in [0.15, 0.2) is 18.2 Å². The minimum Gasteiger partial charge on any atom is -0.472 e. The summed E-state index contributed by atoms with van der Waals surface area (Å²) in [6, 6.07) is 4.46. The SMILES string of the molecule is O=C(NC1C2CCC(C2)C1CO)c1cccc(OCC(F)F)n1. The summed E-state index contributed by atoms with van der Waals surface area (Å²) < 4.78 is 29.2. The summed E-state index contributed by atoms with van der Waals surface area (Å²) in [6.45, 7) is -0.686. The number of aromatic nitrogens is 1. The number of amides is 1. The predicted octanol–water partition coefficient (Wildman–Crippen LogP) is 1.86. The minimum atomic E-state index is -2.59. The Morgan fingerprint density at radius 2 is 2.17 bits per heavy atom. The number of fused-ring (bicyclic) bond motifs is 2. The first kappa shape index (κ1) is 16.1. The molecule has 0 spiro atoms. The Balaban J connectivity index is 1.65. The Morgan fingerprint density at radius 1 is 1.39 bits per heavy atom. The third kappa shape index (κ3) is 3.44. The molecule has 4 atom stereocenters. The second-order valence-corrected chi connectivity index (χ2v) is 6.24. The topological polar surface area (TPSA) is 71.5 Å². The Hall–Kier alpha value is -1.76. The third-order valence-electron chi connectivity index (χ3n) is 4.91. The van der Waals surface area contributed by atoms with E-state index in [1.165, 1.54) is 12.1 Å². The molecule has 1 aromatic heterocycles. The first-order valence-electron chi connectivity index (χ1n) is 7.88. The highest BCUT2D eigenvalue weighted by Crippen LogP contribution is 2.48. The van der Waals surface area contributed by atoms with Crippen molar-refractivity contribution in [3.05, 3.63) is 23.9 Å². The van der Waals surface area contributed by atoms with Crippen molar-refractivity contribution in [3.8, 4) is 5.88 Å². The number of nitrogens with one attached hydrogen (secondary N) is 1.